The number of nitrogens with two attached hydrogens (primary N) is 1. The van der Waals surface area contributed by atoms with Crippen molar-refractivity contribution < 1.29 is 14.3 Å². The maximum atomic E-state index is 11.6. The van der Waals surface area contributed by atoms with E-state index < -0.39 is 11.7 Å². The first-order valence-corrected chi connectivity index (χ1v) is 7.80. The lowest BCUT2D eigenvalue weighted by molar-refractivity contribution is 0.0523. The van der Waals surface area contributed by atoms with Crippen LogP contribution in [0.25, 0.3) is 0 Å². The van der Waals surface area contributed by atoms with Crippen molar-refractivity contribution in [1.82, 2.24) is 5.32 Å². The van der Waals surface area contributed by atoms with Crippen molar-refractivity contribution in [2.45, 2.75) is 59.1 Å². The number of alkyl carbamates (subject to hydrolysis) is 1. The first-order chi connectivity index (χ1) is 10.3. The summed E-state index contributed by atoms with van der Waals surface area (Å²) in [6, 6.07) is 5.52. The first kappa shape index (κ1) is 18.1. The summed E-state index contributed by atoms with van der Waals surface area (Å²) >= 11 is 0. The van der Waals surface area contributed by atoms with Crippen LogP contribution in [-0.2, 0) is 11.3 Å². The lowest BCUT2D eigenvalue weighted by Crippen LogP contribution is -2.32. The average Bonchev–Trinajstić information content (AvgIpc) is 2.42. The number of carbonyl (C=O) groups is 1. The molecule has 3 N–H and O–H groups in total. The van der Waals surface area contributed by atoms with Crippen LogP contribution in [-0.4, -0.2) is 18.3 Å². The van der Waals surface area contributed by atoms with Crippen LogP contribution in [0.1, 0.15) is 52.5 Å². The largest absolute Gasteiger partial charge is 0.491 e. The fourth-order valence-electron chi connectivity index (χ4n) is 1.84. The molecule has 0 atom stereocenters. The Bertz CT molecular complexity index is 481. The van der Waals surface area contributed by atoms with E-state index in [1.54, 1.807) is 6.07 Å². The van der Waals surface area contributed by atoms with E-state index in [1.165, 1.54) is 0 Å². The Labute approximate surface area is 133 Å². The molecule has 0 heterocycles. The third-order valence-corrected chi connectivity index (χ3v) is 2.92. The third kappa shape index (κ3) is 7.20. The van der Waals surface area contributed by atoms with Gasteiger partial charge in [-0.25, -0.2) is 4.79 Å². The Morgan fingerprint density at radius 2 is 2.00 bits per heavy atom. The number of hydrogen-bond acceptors (Lipinski definition) is 4. The fraction of sp³-hybridized carbons (Fsp3) is 0.588. The number of carbonyl (C=O) groups excluding carboxylic acids is 1. The van der Waals surface area contributed by atoms with E-state index in [-0.39, 0.29) is 0 Å². The van der Waals surface area contributed by atoms with Crippen molar-refractivity contribution in [3.63, 3.8) is 0 Å². The van der Waals surface area contributed by atoms with Crippen molar-refractivity contribution in [2.24, 2.45) is 0 Å². The molecule has 5 nitrogen and oxygen atoms in total. The zero-order valence-corrected chi connectivity index (χ0v) is 14.1. The maximum absolute atomic E-state index is 11.6. The molecule has 0 aliphatic carbocycles. The van der Waals surface area contributed by atoms with Gasteiger partial charge in [-0.15, -0.1) is 0 Å². The predicted octanol–water partition coefficient (Wildman–Crippen LogP) is 3.86. The Morgan fingerprint density at radius 1 is 1.27 bits per heavy atom. The molecule has 5 heteroatoms. The van der Waals surface area contributed by atoms with Gasteiger partial charge in [-0.3, -0.25) is 0 Å². The van der Waals surface area contributed by atoms with E-state index in [0.29, 0.717) is 24.6 Å². The van der Waals surface area contributed by atoms with Crippen molar-refractivity contribution in [2.75, 3.05) is 12.3 Å². The monoisotopic (exact) mass is 308 g/mol. The van der Waals surface area contributed by atoms with Crippen LogP contribution in [0.3, 0.4) is 0 Å². The number of hydrogen-bond donors (Lipinski definition) is 2. The predicted molar refractivity (Wildman–Crippen MR) is 88.9 cm³/mol. The van der Waals surface area contributed by atoms with Crippen LogP contribution in [0.15, 0.2) is 18.2 Å². The van der Waals surface area contributed by atoms with E-state index in [1.807, 2.05) is 32.9 Å². The van der Waals surface area contributed by atoms with Gasteiger partial charge in [-0.2, -0.15) is 0 Å². The summed E-state index contributed by atoms with van der Waals surface area (Å²) in [5.41, 5.74) is 6.94. The maximum Gasteiger partial charge on any atom is 0.407 e. The van der Waals surface area contributed by atoms with Gasteiger partial charge < -0.3 is 20.5 Å². The zero-order chi connectivity index (χ0) is 16.6. The van der Waals surface area contributed by atoms with Crippen LogP contribution >= 0.6 is 0 Å². The van der Waals surface area contributed by atoms with Gasteiger partial charge >= 0.3 is 6.09 Å². The molecule has 0 unspecified atom stereocenters. The van der Waals surface area contributed by atoms with Gasteiger partial charge in [0.2, 0.25) is 0 Å². The normalized spacial score (nSPS) is 11.1. The van der Waals surface area contributed by atoms with E-state index in [2.05, 4.69) is 12.2 Å². The molecule has 0 bridgehead atoms. The standard InChI is InChI=1S/C17H28N2O3/c1-5-6-7-10-21-15-11-13(8-9-14(15)18)12-19-16(20)22-17(2,3)4/h8-9,11H,5-7,10,12,18H2,1-4H3,(H,19,20). The Hall–Kier alpha value is -1.91. The molecule has 0 aromatic heterocycles. The van der Waals surface area contributed by atoms with Gasteiger partial charge in [0.25, 0.3) is 0 Å². The van der Waals surface area contributed by atoms with Gasteiger partial charge in [0.05, 0.1) is 12.3 Å². The van der Waals surface area contributed by atoms with Crippen molar-refractivity contribution in [1.29, 1.82) is 0 Å². The summed E-state index contributed by atoms with van der Waals surface area (Å²) in [5.74, 6) is 0.666. The SMILES string of the molecule is CCCCCOc1cc(CNC(=O)OC(C)(C)C)ccc1N. The molecule has 0 aliphatic rings. The van der Waals surface area contributed by atoms with Crippen LogP contribution in [0.4, 0.5) is 10.5 Å². The summed E-state index contributed by atoms with van der Waals surface area (Å²) in [6.45, 7) is 8.67. The molecule has 0 spiro atoms. The van der Waals surface area contributed by atoms with E-state index >= 15 is 0 Å². The number of amides is 1. The number of nitrogen functional groups attached to an aromatic ring is 1. The van der Waals surface area contributed by atoms with Crippen LogP contribution in [0.2, 0.25) is 0 Å². The molecular weight excluding hydrogens is 280 g/mol. The average molecular weight is 308 g/mol. The van der Waals surface area contributed by atoms with Crippen molar-refractivity contribution in [3.05, 3.63) is 23.8 Å². The number of rotatable bonds is 7. The molecule has 0 saturated heterocycles. The van der Waals surface area contributed by atoms with Crippen LogP contribution < -0.4 is 15.8 Å². The van der Waals surface area contributed by atoms with E-state index in [9.17, 15) is 4.79 Å². The Kier molecular flexibility index (Phi) is 7.02. The molecule has 1 aromatic rings. The Morgan fingerprint density at radius 3 is 2.64 bits per heavy atom. The quantitative estimate of drug-likeness (QED) is 0.592. The second-order valence-corrected chi connectivity index (χ2v) is 6.28. The minimum atomic E-state index is -0.501. The fourth-order valence-corrected chi connectivity index (χ4v) is 1.84. The van der Waals surface area contributed by atoms with Gasteiger partial charge in [0.15, 0.2) is 0 Å². The molecule has 22 heavy (non-hydrogen) atoms. The molecule has 1 amide bonds. The molecule has 0 aliphatic heterocycles. The highest BCUT2D eigenvalue weighted by Crippen LogP contribution is 2.23. The van der Waals surface area contributed by atoms with Crippen LogP contribution in [0, 0.1) is 0 Å². The molecule has 0 saturated carbocycles. The molecule has 124 valence electrons. The van der Waals surface area contributed by atoms with E-state index in [0.717, 1.165) is 24.8 Å². The smallest absolute Gasteiger partial charge is 0.407 e. The van der Waals surface area contributed by atoms with Crippen molar-refractivity contribution in [3.8, 4) is 5.75 Å². The highest BCUT2D eigenvalue weighted by atomic mass is 16.6. The molecule has 0 fully saturated rings. The number of anilines is 1. The zero-order valence-electron chi connectivity index (χ0n) is 14.1. The lowest BCUT2D eigenvalue weighted by Gasteiger charge is -2.19. The molecule has 1 aromatic carbocycles. The number of nitrogens with one attached hydrogen (secondary N) is 1. The molecule has 1 rings (SSSR count). The topological polar surface area (TPSA) is 73.6 Å². The minimum absolute atomic E-state index is 0.376. The summed E-state index contributed by atoms with van der Waals surface area (Å²) in [5, 5.41) is 2.72. The number of unbranched alkanes of at least 4 members (excludes halogenated alkanes) is 2. The first-order valence-electron chi connectivity index (χ1n) is 7.80. The van der Waals surface area contributed by atoms with Crippen molar-refractivity contribution >= 4 is 11.8 Å². The van der Waals surface area contributed by atoms with Crippen LogP contribution in [0.5, 0.6) is 5.75 Å². The number of ether oxygens (including phenoxy) is 2. The summed E-state index contributed by atoms with van der Waals surface area (Å²) in [4.78, 5) is 11.6. The highest BCUT2D eigenvalue weighted by Gasteiger charge is 2.15. The Balaban J connectivity index is 2.52. The summed E-state index contributed by atoms with van der Waals surface area (Å²) in [6.07, 6.45) is 2.86. The number of benzene rings is 1. The summed E-state index contributed by atoms with van der Waals surface area (Å²) < 4.78 is 10.9. The summed E-state index contributed by atoms with van der Waals surface area (Å²) in [7, 11) is 0. The highest BCUT2D eigenvalue weighted by molar-refractivity contribution is 5.67. The van der Waals surface area contributed by atoms with Gasteiger partial charge in [-0.1, -0.05) is 25.8 Å². The van der Waals surface area contributed by atoms with Gasteiger partial charge in [0.1, 0.15) is 11.4 Å². The molecular formula is C17H28N2O3. The van der Waals surface area contributed by atoms with Gasteiger partial charge in [-0.05, 0) is 44.9 Å². The minimum Gasteiger partial charge on any atom is -0.491 e. The van der Waals surface area contributed by atoms with Gasteiger partial charge in [0, 0.05) is 6.54 Å². The molecule has 0 radical (unpaired) electrons. The second-order valence-electron chi connectivity index (χ2n) is 6.28. The third-order valence-electron chi connectivity index (χ3n) is 2.92. The van der Waals surface area contributed by atoms with E-state index in [4.69, 9.17) is 15.2 Å². The lowest BCUT2D eigenvalue weighted by atomic mass is 10.2. The second kappa shape index (κ2) is 8.51.